The van der Waals surface area contributed by atoms with Crippen molar-refractivity contribution in [1.82, 2.24) is 0 Å². The normalized spacial score (nSPS) is 12.9. The number of methoxy groups -OCH3 is 1. The van der Waals surface area contributed by atoms with Gasteiger partial charge in [0.15, 0.2) is 9.84 Å². The summed E-state index contributed by atoms with van der Waals surface area (Å²) in [4.78, 5) is 0. The van der Waals surface area contributed by atoms with E-state index in [2.05, 4.69) is 0 Å². The Morgan fingerprint density at radius 3 is 2.59 bits per heavy atom. The third-order valence-electron chi connectivity index (χ3n) is 3.22. The van der Waals surface area contributed by atoms with E-state index in [0.29, 0.717) is 11.3 Å². The Hall–Kier alpha value is -1.92. The molecule has 0 saturated carbocycles. The van der Waals surface area contributed by atoms with E-state index in [0.717, 1.165) is 0 Å². The summed E-state index contributed by atoms with van der Waals surface area (Å²) < 4.78 is 42.8. The highest BCUT2D eigenvalue weighted by atomic mass is 32.2. The third-order valence-corrected chi connectivity index (χ3v) is 4.80. The molecule has 1 atom stereocenters. The van der Waals surface area contributed by atoms with E-state index in [9.17, 15) is 17.9 Å². The van der Waals surface area contributed by atoms with Crippen LogP contribution >= 0.6 is 0 Å². The number of aliphatic hydroxyl groups is 1. The van der Waals surface area contributed by atoms with E-state index in [-0.39, 0.29) is 5.56 Å². The molecule has 2 aromatic carbocycles. The molecule has 0 heterocycles. The number of benzene rings is 2. The van der Waals surface area contributed by atoms with Gasteiger partial charge >= 0.3 is 0 Å². The van der Waals surface area contributed by atoms with Crippen LogP contribution in [-0.2, 0) is 15.6 Å². The fraction of sp³-hybridized carbons (Fsp3) is 0.250. The van der Waals surface area contributed by atoms with E-state index >= 15 is 0 Å². The maximum atomic E-state index is 13.5. The molecule has 0 aliphatic rings. The first-order chi connectivity index (χ1) is 10.4. The van der Waals surface area contributed by atoms with Crippen LogP contribution in [0.3, 0.4) is 0 Å². The number of hydrogen-bond acceptors (Lipinski definition) is 4. The second-order valence-electron chi connectivity index (χ2n) is 4.94. The van der Waals surface area contributed by atoms with Crippen LogP contribution in [0.5, 0.6) is 5.75 Å². The lowest BCUT2D eigenvalue weighted by Gasteiger charge is -2.13. The molecule has 6 heteroatoms. The van der Waals surface area contributed by atoms with E-state index in [1.54, 1.807) is 30.3 Å². The van der Waals surface area contributed by atoms with Crippen LogP contribution in [-0.4, -0.2) is 26.4 Å². The van der Waals surface area contributed by atoms with Gasteiger partial charge < -0.3 is 9.84 Å². The van der Waals surface area contributed by atoms with Crippen LogP contribution in [0.2, 0.25) is 0 Å². The van der Waals surface area contributed by atoms with Gasteiger partial charge in [-0.05, 0) is 23.8 Å². The van der Waals surface area contributed by atoms with Gasteiger partial charge in [-0.1, -0.05) is 30.3 Å². The molecule has 4 nitrogen and oxygen atoms in total. The first-order valence-electron chi connectivity index (χ1n) is 6.67. The SMILES string of the molecule is COc1cccc(C(O)CS(=O)(=O)Cc2ccccc2F)c1. The van der Waals surface area contributed by atoms with Gasteiger partial charge in [0, 0.05) is 5.56 Å². The molecule has 1 unspecified atom stereocenters. The minimum Gasteiger partial charge on any atom is -0.497 e. The molecule has 0 fully saturated rings. The Labute approximate surface area is 129 Å². The fourth-order valence-corrected chi connectivity index (χ4v) is 3.60. The average molecular weight is 324 g/mol. The second kappa shape index (κ2) is 6.89. The predicted octanol–water partition coefficient (Wildman–Crippen LogP) is 2.48. The zero-order chi connectivity index (χ0) is 16.2. The Kier molecular flexibility index (Phi) is 5.15. The Bertz CT molecular complexity index is 743. The van der Waals surface area contributed by atoms with Gasteiger partial charge in [0.05, 0.1) is 24.7 Å². The molecular weight excluding hydrogens is 307 g/mol. The van der Waals surface area contributed by atoms with Gasteiger partial charge in [-0.15, -0.1) is 0 Å². The second-order valence-corrected chi connectivity index (χ2v) is 7.05. The van der Waals surface area contributed by atoms with E-state index in [4.69, 9.17) is 4.74 Å². The van der Waals surface area contributed by atoms with Crippen LogP contribution in [0, 0.1) is 5.82 Å². The minimum absolute atomic E-state index is 0.0975. The highest BCUT2D eigenvalue weighted by Gasteiger charge is 2.21. The van der Waals surface area contributed by atoms with Crippen molar-refractivity contribution >= 4 is 9.84 Å². The van der Waals surface area contributed by atoms with Gasteiger partial charge in [0.25, 0.3) is 0 Å². The average Bonchev–Trinajstić information content (AvgIpc) is 2.49. The number of aliphatic hydroxyl groups excluding tert-OH is 1. The Balaban J connectivity index is 2.12. The number of rotatable bonds is 6. The molecule has 0 aliphatic heterocycles. The number of ether oxygens (including phenoxy) is 1. The van der Waals surface area contributed by atoms with Crippen molar-refractivity contribution in [3.63, 3.8) is 0 Å². The van der Waals surface area contributed by atoms with Gasteiger partial charge in [0.2, 0.25) is 0 Å². The molecule has 0 spiro atoms. The van der Waals surface area contributed by atoms with Gasteiger partial charge in [-0.25, -0.2) is 12.8 Å². The van der Waals surface area contributed by atoms with Crippen molar-refractivity contribution in [3.05, 3.63) is 65.5 Å². The van der Waals surface area contributed by atoms with E-state index in [1.807, 2.05) is 0 Å². The number of sulfone groups is 1. The largest absolute Gasteiger partial charge is 0.497 e. The molecule has 0 amide bonds. The van der Waals surface area contributed by atoms with Crippen molar-refractivity contribution in [2.45, 2.75) is 11.9 Å². The topological polar surface area (TPSA) is 63.6 Å². The Morgan fingerprint density at radius 2 is 1.91 bits per heavy atom. The highest BCUT2D eigenvalue weighted by Crippen LogP contribution is 2.22. The highest BCUT2D eigenvalue weighted by molar-refractivity contribution is 7.90. The number of hydrogen-bond donors (Lipinski definition) is 1. The molecule has 1 N–H and O–H groups in total. The number of halogens is 1. The van der Waals surface area contributed by atoms with Crippen molar-refractivity contribution < 1.29 is 22.7 Å². The lowest BCUT2D eigenvalue weighted by atomic mass is 10.1. The summed E-state index contributed by atoms with van der Waals surface area (Å²) in [5, 5.41) is 10.1. The summed E-state index contributed by atoms with van der Waals surface area (Å²) in [7, 11) is -2.17. The molecular formula is C16H17FO4S. The third kappa shape index (κ3) is 4.29. The molecule has 22 heavy (non-hydrogen) atoms. The van der Waals surface area contributed by atoms with Crippen LogP contribution in [0.25, 0.3) is 0 Å². The van der Waals surface area contributed by atoms with Crippen molar-refractivity contribution in [2.75, 3.05) is 12.9 Å². The smallest absolute Gasteiger partial charge is 0.157 e. The van der Waals surface area contributed by atoms with Crippen molar-refractivity contribution in [3.8, 4) is 5.75 Å². The van der Waals surface area contributed by atoms with Gasteiger partial charge in [0.1, 0.15) is 11.6 Å². The predicted molar refractivity (Wildman–Crippen MR) is 81.8 cm³/mol. The first-order valence-corrected chi connectivity index (χ1v) is 8.49. The molecule has 2 rings (SSSR count). The van der Waals surface area contributed by atoms with Gasteiger partial charge in [-0.2, -0.15) is 0 Å². The summed E-state index contributed by atoms with van der Waals surface area (Å²) in [6.07, 6.45) is -1.19. The van der Waals surface area contributed by atoms with Crippen molar-refractivity contribution in [1.29, 1.82) is 0 Å². The zero-order valence-corrected chi connectivity index (χ0v) is 12.9. The molecule has 2 aromatic rings. The molecule has 0 bridgehead atoms. The summed E-state index contributed by atoms with van der Waals surface area (Å²) >= 11 is 0. The summed E-state index contributed by atoms with van der Waals surface area (Å²) in [6.45, 7) is 0. The van der Waals surface area contributed by atoms with E-state index < -0.39 is 33.3 Å². The fourth-order valence-electron chi connectivity index (χ4n) is 2.10. The maximum absolute atomic E-state index is 13.5. The molecule has 0 saturated heterocycles. The summed E-state index contributed by atoms with van der Waals surface area (Å²) in [6, 6.07) is 12.3. The van der Waals surface area contributed by atoms with Crippen molar-refractivity contribution in [2.24, 2.45) is 0 Å². The van der Waals surface area contributed by atoms with E-state index in [1.165, 1.54) is 25.3 Å². The van der Waals surface area contributed by atoms with Gasteiger partial charge in [-0.3, -0.25) is 0 Å². The standard InChI is InChI=1S/C16H17FO4S/c1-21-14-7-4-6-12(9-14)16(18)11-22(19,20)10-13-5-2-3-8-15(13)17/h2-9,16,18H,10-11H2,1H3. The lowest BCUT2D eigenvalue weighted by Crippen LogP contribution is -2.17. The first kappa shape index (κ1) is 16.5. The monoisotopic (exact) mass is 324 g/mol. The quantitative estimate of drug-likeness (QED) is 0.887. The van der Waals surface area contributed by atoms with Crippen LogP contribution < -0.4 is 4.74 Å². The molecule has 118 valence electrons. The Morgan fingerprint density at radius 1 is 1.18 bits per heavy atom. The maximum Gasteiger partial charge on any atom is 0.157 e. The van der Waals surface area contributed by atoms with Crippen LogP contribution in [0.4, 0.5) is 4.39 Å². The molecule has 0 aromatic heterocycles. The lowest BCUT2D eigenvalue weighted by molar-refractivity contribution is 0.201. The molecule has 0 radical (unpaired) electrons. The summed E-state index contributed by atoms with van der Waals surface area (Å²) in [5.74, 6) is -0.958. The molecule has 0 aliphatic carbocycles. The zero-order valence-electron chi connectivity index (χ0n) is 12.1. The van der Waals surface area contributed by atoms with Crippen LogP contribution in [0.1, 0.15) is 17.2 Å². The minimum atomic E-state index is -3.65. The van der Waals surface area contributed by atoms with Crippen LogP contribution in [0.15, 0.2) is 48.5 Å². The summed E-state index contributed by atoms with van der Waals surface area (Å²) in [5.41, 5.74) is 0.539.